The Labute approximate surface area is 163 Å². The molecule has 0 aliphatic rings. The van der Waals surface area contributed by atoms with E-state index in [2.05, 4.69) is 41.5 Å². The smallest absolute Gasteiger partial charge is 0.322 e. The number of hydrogen-bond acceptors (Lipinski definition) is 6. The molecular formula is C21H23N3O4. The van der Waals surface area contributed by atoms with Crippen LogP contribution in [0.1, 0.15) is 28.1 Å². The first kappa shape index (κ1) is 19.4. The van der Waals surface area contributed by atoms with Crippen LogP contribution in [0.5, 0.6) is 11.5 Å². The van der Waals surface area contributed by atoms with Crippen LogP contribution in [0.3, 0.4) is 0 Å². The molecular weight excluding hydrogens is 358 g/mol. The molecule has 0 aliphatic heterocycles. The molecule has 0 bridgehead atoms. The lowest BCUT2D eigenvalue weighted by Gasteiger charge is -2.09. The van der Waals surface area contributed by atoms with Crippen LogP contribution in [0.4, 0.5) is 6.01 Å². The van der Waals surface area contributed by atoms with Crippen molar-refractivity contribution in [2.45, 2.75) is 26.7 Å². The maximum Gasteiger partial charge on any atom is 0.322 e. The summed E-state index contributed by atoms with van der Waals surface area (Å²) < 4.78 is 16.0. The summed E-state index contributed by atoms with van der Waals surface area (Å²) in [5.74, 6) is 1.37. The van der Waals surface area contributed by atoms with E-state index in [4.69, 9.17) is 13.9 Å². The Bertz CT molecular complexity index is 982. The van der Waals surface area contributed by atoms with E-state index >= 15 is 0 Å². The minimum atomic E-state index is -0.256. The highest BCUT2D eigenvalue weighted by Gasteiger charge is 2.13. The molecule has 0 radical (unpaired) electrons. The lowest BCUT2D eigenvalue weighted by molar-refractivity contribution is -0.115. The number of benzene rings is 2. The first-order valence-electron chi connectivity index (χ1n) is 8.87. The van der Waals surface area contributed by atoms with Crippen molar-refractivity contribution >= 4 is 11.9 Å². The van der Waals surface area contributed by atoms with Gasteiger partial charge in [0, 0.05) is 0 Å². The van der Waals surface area contributed by atoms with Crippen LogP contribution < -0.4 is 14.8 Å². The number of anilines is 1. The zero-order chi connectivity index (χ0) is 20.1. The van der Waals surface area contributed by atoms with Crippen molar-refractivity contribution in [1.29, 1.82) is 0 Å². The summed E-state index contributed by atoms with van der Waals surface area (Å²) in [6.07, 6.45) is 0.662. The molecule has 3 rings (SSSR count). The van der Waals surface area contributed by atoms with Gasteiger partial charge in [-0.2, -0.15) is 0 Å². The monoisotopic (exact) mass is 381 g/mol. The van der Waals surface area contributed by atoms with Crippen LogP contribution in [0, 0.1) is 13.8 Å². The van der Waals surface area contributed by atoms with Gasteiger partial charge in [0.05, 0.1) is 27.1 Å². The zero-order valence-corrected chi connectivity index (χ0v) is 16.4. The Morgan fingerprint density at radius 3 is 2.43 bits per heavy atom. The molecule has 28 heavy (non-hydrogen) atoms. The number of nitrogens with zero attached hydrogens (tertiary/aromatic N) is 2. The second-order valence-electron chi connectivity index (χ2n) is 6.51. The quantitative estimate of drug-likeness (QED) is 0.674. The molecule has 146 valence electrons. The third-order valence-electron chi connectivity index (χ3n) is 4.45. The predicted molar refractivity (Wildman–Crippen MR) is 105 cm³/mol. The summed E-state index contributed by atoms with van der Waals surface area (Å²) in [7, 11) is 3.12. The number of ether oxygens (including phenoxy) is 2. The van der Waals surface area contributed by atoms with Gasteiger partial charge >= 0.3 is 6.01 Å². The molecule has 7 nitrogen and oxygen atoms in total. The number of methoxy groups -OCH3 is 2. The average Bonchev–Trinajstić information content (AvgIpc) is 3.11. The molecule has 0 atom stereocenters. The average molecular weight is 381 g/mol. The Kier molecular flexibility index (Phi) is 5.93. The van der Waals surface area contributed by atoms with E-state index in [1.54, 1.807) is 32.4 Å². The van der Waals surface area contributed by atoms with Gasteiger partial charge in [0.2, 0.25) is 11.8 Å². The van der Waals surface area contributed by atoms with Gasteiger partial charge in [-0.05, 0) is 48.2 Å². The third kappa shape index (κ3) is 4.68. The van der Waals surface area contributed by atoms with E-state index in [0.29, 0.717) is 23.8 Å². The van der Waals surface area contributed by atoms with Crippen molar-refractivity contribution in [3.63, 3.8) is 0 Å². The van der Waals surface area contributed by atoms with Crippen molar-refractivity contribution in [3.8, 4) is 11.5 Å². The predicted octanol–water partition coefficient (Wildman–Crippen LogP) is 3.48. The maximum absolute atomic E-state index is 12.3. The van der Waals surface area contributed by atoms with E-state index in [9.17, 15) is 4.79 Å². The third-order valence-corrected chi connectivity index (χ3v) is 4.45. The number of carbonyl (C=O) groups is 1. The number of aromatic nitrogens is 2. The molecule has 1 aromatic heterocycles. The van der Waals surface area contributed by atoms with Gasteiger partial charge in [-0.1, -0.05) is 29.4 Å². The fourth-order valence-corrected chi connectivity index (χ4v) is 2.80. The summed E-state index contributed by atoms with van der Waals surface area (Å²) in [6, 6.07) is 11.6. The van der Waals surface area contributed by atoms with Crippen LogP contribution >= 0.6 is 0 Å². The molecule has 0 fully saturated rings. The minimum absolute atomic E-state index is 0.0873. The van der Waals surface area contributed by atoms with Gasteiger partial charge in [0.1, 0.15) is 0 Å². The van der Waals surface area contributed by atoms with E-state index in [-0.39, 0.29) is 18.3 Å². The Hall–Kier alpha value is -3.35. The van der Waals surface area contributed by atoms with E-state index in [1.807, 2.05) is 6.07 Å². The first-order valence-corrected chi connectivity index (χ1v) is 8.87. The number of aryl methyl sites for hydroxylation is 2. The lowest BCUT2D eigenvalue weighted by Crippen LogP contribution is -2.14. The van der Waals surface area contributed by atoms with Crippen molar-refractivity contribution in [3.05, 3.63) is 64.5 Å². The van der Waals surface area contributed by atoms with Crippen molar-refractivity contribution in [2.75, 3.05) is 19.5 Å². The van der Waals surface area contributed by atoms with Gasteiger partial charge in [-0.3, -0.25) is 10.1 Å². The highest BCUT2D eigenvalue weighted by molar-refractivity contribution is 5.90. The fourth-order valence-electron chi connectivity index (χ4n) is 2.80. The van der Waals surface area contributed by atoms with Crippen molar-refractivity contribution in [2.24, 2.45) is 0 Å². The molecule has 0 unspecified atom stereocenters. The van der Waals surface area contributed by atoms with Crippen molar-refractivity contribution in [1.82, 2.24) is 10.2 Å². The first-order chi connectivity index (χ1) is 13.5. The molecule has 0 saturated carbocycles. The van der Waals surface area contributed by atoms with Crippen molar-refractivity contribution < 1.29 is 18.7 Å². The molecule has 1 amide bonds. The van der Waals surface area contributed by atoms with Crippen LogP contribution in [0.25, 0.3) is 0 Å². The number of amides is 1. The summed E-state index contributed by atoms with van der Waals surface area (Å²) in [5, 5.41) is 10.5. The second-order valence-corrected chi connectivity index (χ2v) is 6.51. The summed E-state index contributed by atoms with van der Waals surface area (Å²) >= 11 is 0. The van der Waals surface area contributed by atoms with E-state index in [1.165, 1.54) is 11.1 Å². The number of nitrogens with one attached hydrogen (secondary N) is 1. The van der Waals surface area contributed by atoms with E-state index in [0.717, 1.165) is 11.1 Å². The molecule has 1 heterocycles. The molecule has 0 aliphatic carbocycles. The van der Waals surface area contributed by atoms with Crippen LogP contribution in [0.15, 0.2) is 40.8 Å². The standard InChI is InChI=1S/C21H23N3O4/c1-13-5-6-15(9-14(13)2)12-20-23-24-21(28-20)22-19(25)11-16-7-8-17(26-3)18(10-16)27-4/h5-10H,11-12H2,1-4H3,(H,22,24,25). The Morgan fingerprint density at radius 1 is 0.964 bits per heavy atom. The van der Waals surface area contributed by atoms with Gasteiger partial charge in [0.25, 0.3) is 0 Å². The topological polar surface area (TPSA) is 86.5 Å². The van der Waals surface area contributed by atoms with Crippen LogP contribution in [0.2, 0.25) is 0 Å². The number of hydrogen-bond donors (Lipinski definition) is 1. The largest absolute Gasteiger partial charge is 0.493 e. The summed E-state index contributed by atoms with van der Waals surface area (Å²) in [5.41, 5.74) is 4.30. The summed E-state index contributed by atoms with van der Waals surface area (Å²) in [4.78, 5) is 12.3. The molecule has 0 spiro atoms. The number of rotatable bonds is 7. The highest BCUT2D eigenvalue weighted by atomic mass is 16.5. The van der Waals surface area contributed by atoms with Crippen LogP contribution in [-0.2, 0) is 17.6 Å². The SMILES string of the molecule is COc1ccc(CC(=O)Nc2nnc(Cc3ccc(C)c(C)c3)o2)cc1OC. The molecule has 0 saturated heterocycles. The summed E-state index contributed by atoms with van der Waals surface area (Å²) in [6.45, 7) is 4.13. The Morgan fingerprint density at radius 2 is 1.71 bits per heavy atom. The maximum atomic E-state index is 12.3. The Balaban J connectivity index is 1.61. The molecule has 2 aromatic carbocycles. The normalized spacial score (nSPS) is 10.6. The molecule has 7 heteroatoms. The van der Waals surface area contributed by atoms with E-state index < -0.39 is 0 Å². The van der Waals surface area contributed by atoms with Gasteiger partial charge < -0.3 is 13.9 Å². The zero-order valence-electron chi connectivity index (χ0n) is 16.4. The molecule has 1 N–H and O–H groups in total. The lowest BCUT2D eigenvalue weighted by atomic mass is 10.0. The highest BCUT2D eigenvalue weighted by Crippen LogP contribution is 2.27. The van der Waals surface area contributed by atoms with Gasteiger partial charge in [-0.15, -0.1) is 5.10 Å². The van der Waals surface area contributed by atoms with Crippen LogP contribution in [-0.4, -0.2) is 30.3 Å². The fraction of sp³-hybridized carbons (Fsp3) is 0.286. The number of carbonyl (C=O) groups excluding carboxylic acids is 1. The molecule has 3 aromatic rings. The van der Waals surface area contributed by atoms with Gasteiger partial charge in [-0.25, -0.2) is 0 Å². The second kappa shape index (κ2) is 8.56. The minimum Gasteiger partial charge on any atom is -0.493 e. The van der Waals surface area contributed by atoms with Gasteiger partial charge in [0.15, 0.2) is 11.5 Å².